The van der Waals surface area contributed by atoms with Gasteiger partial charge in [-0.3, -0.25) is 15.0 Å². The Kier molecular flexibility index (Phi) is 5.58. The summed E-state index contributed by atoms with van der Waals surface area (Å²) in [7, 11) is 0. The molecule has 6 heteroatoms. The first kappa shape index (κ1) is 18.0. The van der Waals surface area contributed by atoms with Gasteiger partial charge in [-0.2, -0.15) is 0 Å². The molecule has 2 N–H and O–H groups in total. The van der Waals surface area contributed by atoms with Crippen molar-refractivity contribution in [2.75, 3.05) is 0 Å². The number of carboxylic acids is 1. The number of benzene rings is 2. The highest BCUT2D eigenvalue weighted by molar-refractivity contribution is 6.30. The third-order valence-electron chi connectivity index (χ3n) is 4.19. The Balaban J connectivity index is 1.83. The van der Waals surface area contributed by atoms with Gasteiger partial charge >= 0.3 is 5.97 Å². The first-order valence-electron chi connectivity index (χ1n) is 8.38. The molecule has 3 rings (SSSR count). The fraction of sp³-hybridized carbons (Fsp3) is 0.200. The predicted octanol–water partition coefficient (Wildman–Crippen LogP) is 4.02. The molecule has 5 nitrogen and oxygen atoms in total. The van der Waals surface area contributed by atoms with Crippen molar-refractivity contribution in [1.29, 1.82) is 0 Å². The van der Waals surface area contributed by atoms with Gasteiger partial charge in [0.2, 0.25) is 5.91 Å². The van der Waals surface area contributed by atoms with Crippen molar-refractivity contribution in [2.24, 2.45) is 0 Å². The van der Waals surface area contributed by atoms with Crippen molar-refractivity contribution < 1.29 is 14.7 Å². The Labute approximate surface area is 156 Å². The van der Waals surface area contributed by atoms with Crippen molar-refractivity contribution in [3.8, 4) is 0 Å². The second-order valence-electron chi connectivity index (χ2n) is 6.07. The highest BCUT2D eigenvalue weighted by atomic mass is 35.5. The van der Waals surface area contributed by atoms with E-state index >= 15 is 0 Å². The van der Waals surface area contributed by atoms with Crippen LogP contribution in [0.4, 0.5) is 0 Å². The van der Waals surface area contributed by atoms with Crippen LogP contribution < -0.4 is 5.43 Å². The van der Waals surface area contributed by atoms with Gasteiger partial charge in [-0.25, -0.2) is 5.01 Å². The number of amides is 1. The van der Waals surface area contributed by atoms with Crippen LogP contribution in [0.25, 0.3) is 5.70 Å². The van der Waals surface area contributed by atoms with Crippen LogP contribution in [-0.2, 0) is 9.59 Å². The van der Waals surface area contributed by atoms with E-state index in [1.165, 1.54) is 0 Å². The number of hydrogen-bond acceptors (Lipinski definition) is 3. The van der Waals surface area contributed by atoms with E-state index in [9.17, 15) is 9.59 Å². The van der Waals surface area contributed by atoms with Gasteiger partial charge in [-0.05, 0) is 35.8 Å². The van der Waals surface area contributed by atoms with E-state index in [4.69, 9.17) is 16.7 Å². The fourth-order valence-electron chi connectivity index (χ4n) is 2.88. The summed E-state index contributed by atoms with van der Waals surface area (Å²) in [5.41, 5.74) is 5.93. The average Bonchev–Trinajstić information content (AvgIpc) is 3.08. The first-order valence-corrected chi connectivity index (χ1v) is 8.75. The van der Waals surface area contributed by atoms with E-state index in [2.05, 4.69) is 5.43 Å². The lowest BCUT2D eigenvalue weighted by Gasteiger charge is -2.25. The minimum absolute atomic E-state index is 0.0236. The monoisotopic (exact) mass is 370 g/mol. The minimum atomic E-state index is -0.899. The fourth-order valence-corrected chi connectivity index (χ4v) is 3.01. The molecular weight excluding hydrogens is 352 g/mol. The summed E-state index contributed by atoms with van der Waals surface area (Å²) in [5, 5.41) is 11.0. The van der Waals surface area contributed by atoms with E-state index in [0.717, 1.165) is 16.8 Å². The second kappa shape index (κ2) is 8.06. The summed E-state index contributed by atoms with van der Waals surface area (Å²) >= 11 is 5.97. The molecule has 1 aliphatic heterocycles. The van der Waals surface area contributed by atoms with E-state index < -0.39 is 5.97 Å². The van der Waals surface area contributed by atoms with Crippen molar-refractivity contribution in [1.82, 2.24) is 10.4 Å². The third-order valence-corrected chi connectivity index (χ3v) is 4.44. The predicted molar refractivity (Wildman–Crippen MR) is 100 cm³/mol. The van der Waals surface area contributed by atoms with Gasteiger partial charge < -0.3 is 5.11 Å². The number of aliphatic carboxylic acids is 1. The second-order valence-corrected chi connectivity index (χ2v) is 6.50. The number of nitrogens with one attached hydrogen (secondary N) is 1. The molecule has 1 amide bonds. The summed E-state index contributed by atoms with van der Waals surface area (Å²) < 4.78 is 0. The molecule has 134 valence electrons. The number of carbonyl (C=O) groups excluding carboxylic acids is 1. The van der Waals surface area contributed by atoms with E-state index in [-0.39, 0.29) is 24.8 Å². The van der Waals surface area contributed by atoms with Crippen LogP contribution in [0.2, 0.25) is 5.02 Å². The molecule has 0 saturated heterocycles. The van der Waals surface area contributed by atoms with Crippen molar-refractivity contribution in [3.05, 3.63) is 76.8 Å². The lowest BCUT2D eigenvalue weighted by Crippen LogP contribution is -2.39. The molecule has 0 unspecified atom stereocenters. The number of hydrogen-bond donors (Lipinski definition) is 2. The van der Waals surface area contributed by atoms with E-state index in [1.54, 1.807) is 17.1 Å². The molecule has 0 aliphatic carbocycles. The Morgan fingerprint density at radius 2 is 1.73 bits per heavy atom. The summed E-state index contributed by atoms with van der Waals surface area (Å²) in [4.78, 5) is 23.4. The maximum atomic E-state index is 12.7. The van der Waals surface area contributed by atoms with Crippen LogP contribution in [0.3, 0.4) is 0 Å². The van der Waals surface area contributed by atoms with Crippen LogP contribution in [-0.4, -0.2) is 22.0 Å². The number of carbonyl (C=O) groups is 2. The van der Waals surface area contributed by atoms with Gasteiger partial charge in [0.15, 0.2) is 0 Å². The normalized spacial score (nSPS) is 16.1. The lowest BCUT2D eigenvalue weighted by atomic mass is 10.0. The van der Waals surface area contributed by atoms with Crippen molar-refractivity contribution in [2.45, 2.75) is 25.3 Å². The van der Waals surface area contributed by atoms with Gasteiger partial charge in [-0.15, -0.1) is 0 Å². The minimum Gasteiger partial charge on any atom is -0.481 e. The standard InChI is InChI=1S/C20H19ClN2O3/c21-16-11-9-15(10-12-16)18-13-17(14-5-2-1-3-6-14)22-23(18)19(24)7-4-8-20(25)26/h1-3,5-6,9-13,18,22H,4,7-8H2,(H,25,26)/t18-/m1/s1. The number of rotatable bonds is 6. The molecule has 0 saturated carbocycles. The van der Waals surface area contributed by atoms with Gasteiger partial charge in [0.25, 0.3) is 0 Å². The Bertz CT molecular complexity index is 819. The molecule has 0 fully saturated rings. The van der Waals surface area contributed by atoms with Crippen molar-refractivity contribution in [3.63, 3.8) is 0 Å². The molecule has 26 heavy (non-hydrogen) atoms. The summed E-state index contributed by atoms with van der Waals surface area (Å²) in [6.07, 6.45) is 2.44. The highest BCUT2D eigenvalue weighted by Crippen LogP contribution is 2.32. The summed E-state index contributed by atoms with van der Waals surface area (Å²) in [6.45, 7) is 0. The van der Waals surface area contributed by atoms with E-state index in [1.807, 2.05) is 48.5 Å². The quantitative estimate of drug-likeness (QED) is 0.805. The SMILES string of the molecule is O=C(O)CCCC(=O)N1NC(c2ccccc2)=C[C@@H]1c1ccc(Cl)cc1. The van der Waals surface area contributed by atoms with Crippen LogP contribution in [0, 0.1) is 0 Å². The highest BCUT2D eigenvalue weighted by Gasteiger charge is 2.30. The van der Waals surface area contributed by atoms with Gasteiger partial charge in [0, 0.05) is 17.9 Å². The molecule has 1 heterocycles. The van der Waals surface area contributed by atoms with Gasteiger partial charge in [0.1, 0.15) is 0 Å². The Hall–Kier alpha value is -2.79. The zero-order chi connectivity index (χ0) is 18.5. The number of carboxylic acid groups (broad SMARTS) is 1. The first-order chi connectivity index (χ1) is 12.5. The maximum Gasteiger partial charge on any atom is 0.303 e. The number of halogens is 1. The Morgan fingerprint density at radius 3 is 2.38 bits per heavy atom. The van der Waals surface area contributed by atoms with Crippen molar-refractivity contribution >= 4 is 29.2 Å². The molecule has 0 bridgehead atoms. The number of nitrogens with zero attached hydrogens (tertiary/aromatic N) is 1. The van der Waals surface area contributed by atoms with Gasteiger partial charge in [-0.1, -0.05) is 54.1 Å². The van der Waals surface area contributed by atoms with E-state index in [0.29, 0.717) is 11.4 Å². The Morgan fingerprint density at radius 1 is 1.04 bits per heavy atom. The molecule has 0 aromatic heterocycles. The van der Waals surface area contributed by atoms with Crippen LogP contribution in [0.1, 0.15) is 36.4 Å². The largest absolute Gasteiger partial charge is 0.481 e. The zero-order valence-electron chi connectivity index (χ0n) is 14.1. The van der Waals surface area contributed by atoms with Crippen LogP contribution >= 0.6 is 11.6 Å². The summed E-state index contributed by atoms with van der Waals surface area (Å²) in [5.74, 6) is -1.04. The third kappa shape index (κ3) is 4.24. The van der Waals surface area contributed by atoms with Crippen LogP contribution in [0.15, 0.2) is 60.7 Å². The average molecular weight is 371 g/mol. The smallest absolute Gasteiger partial charge is 0.303 e. The van der Waals surface area contributed by atoms with Crippen LogP contribution in [0.5, 0.6) is 0 Å². The lowest BCUT2D eigenvalue weighted by molar-refractivity contribution is -0.137. The molecule has 0 radical (unpaired) electrons. The van der Waals surface area contributed by atoms with Gasteiger partial charge in [0.05, 0.1) is 11.7 Å². The molecule has 1 atom stereocenters. The molecular formula is C20H19ClN2O3. The molecule has 0 spiro atoms. The molecule has 1 aliphatic rings. The molecule has 2 aromatic rings. The maximum absolute atomic E-state index is 12.7. The topological polar surface area (TPSA) is 69.6 Å². The molecule has 2 aromatic carbocycles. The summed E-state index contributed by atoms with van der Waals surface area (Å²) in [6, 6.07) is 16.8. The zero-order valence-corrected chi connectivity index (χ0v) is 14.8. The number of hydrazine groups is 1.